The molecule has 2 atom stereocenters. The number of hydrogen-bond donors (Lipinski definition) is 2. The Morgan fingerprint density at radius 1 is 1.54 bits per heavy atom. The van der Waals surface area contributed by atoms with Crippen LogP contribution < -0.4 is 5.32 Å². The Morgan fingerprint density at radius 3 is 2.85 bits per heavy atom. The maximum absolute atomic E-state index is 8.74. The van der Waals surface area contributed by atoms with Crippen molar-refractivity contribution >= 4 is 11.3 Å². The predicted molar refractivity (Wildman–Crippen MR) is 57.0 cm³/mol. The average molecular weight is 199 g/mol. The van der Waals surface area contributed by atoms with Gasteiger partial charge in [0.25, 0.3) is 0 Å². The molecule has 0 aromatic carbocycles. The molecule has 2 unspecified atom stereocenters. The van der Waals surface area contributed by atoms with Crippen LogP contribution in [0, 0.1) is 0 Å². The quantitative estimate of drug-likeness (QED) is 0.761. The molecule has 2 nitrogen and oxygen atoms in total. The molecule has 1 heterocycles. The van der Waals surface area contributed by atoms with E-state index < -0.39 is 0 Å². The van der Waals surface area contributed by atoms with Crippen LogP contribution in [0.3, 0.4) is 0 Å². The topological polar surface area (TPSA) is 32.3 Å². The standard InChI is InChI=1S/C10H17NOS/c1-8(3-5-12)11-9(2)10-4-6-13-7-10/h4,6-9,11-12H,3,5H2,1-2H3. The van der Waals surface area contributed by atoms with Gasteiger partial charge in [-0.2, -0.15) is 11.3 Å². The molecule has 0 aliphatic carbocycles. The van der Waals surface area contributed by atoms with Crippen LogP contribution in [0.4, 0.5) is 0 Å². The highest BCUT2D eigenvalue weighted by Crippen LogP contribution is 2.16. The van der Waals surface area contributed by atoms with E-state index in [9.17, 15) is 0 Å². The van der Waals surface area contributed by atoms with Crippen LogP contribution >= 0.6 is 11.3 Å². The molecule has 1 rings (SSSR count). The number of nitrogens with one attached hydrogen (secondary N) is 1. The summed E-state index contributed by atoms with van der Waals surface area (Å²) in [5, 5.41) is 16.4. The van der Waals surface area contributed by atoms with Crippen LogP contribution in [0.2, 0.25) is 0 Å². The lowest BCUT2D eigenvalue weighted by atomic mass is 10.1. The first kappa shape index (κ1) is 10.7. The van der Waals surface area contributed by atoms with E-state index in [0.717, 1.165) is 6.42 Å². The summed E-state index contributed by atoms with van der Waals surface area (Å²) in [4.78, 5) is 0. The highest BCUT2D eigenvalue weighted by molar-refractivity contribution is 7.07. The molecule has 0 spiro atoms. The second-order valence-corrected chi connectivity index (χ2v) is 4.14. The third-order valence-corrected chi connectivity index (χ3v) is 2.84. The maximum atomic E-state index is 8.74. The van der Waals surface area contributed by atoms with Crippen molar-refractivity contribution < 1.29 is 5.11 Å². The molecule has 0 radical (unpaired) electrons. The third-order valence-electron chi connectivity index (χ3n) is 2.14. The van der Waals surface area contributed by atoms with Gasteiger partial charge in [-0.3, -0.25) is 0 Å². The van der Waals surface area contributed by atoms with E-state index in [4.69, 9.17) is 5.11 Å². The molecule has 0 saturated heterocycles. The minimum Gasteiger partial charge on any atom is -0.396 e. The van der Waals surface area contributed by atoms with E-state index in [1.54, 1.807) is 11.3 Å². The van der Waals surface area contributed by atoms with Gasteiger partial charge < -0.3 is 10.4 Å². The van der Waals surface area contributed by atoms with Crippen molar-refractivity contribution in [3.63, 3.8) is 0 Å². The number of thiophene rings is 1. The normalized spacial score (nSPS) is 15.6. The largest absolute Gasteiger partial charge is 0.396 e. The fourth-order valence-corrected chi connectivity index (χ4v) is 2.08. The maximum Gasteiger partial charge on any atom is 0.0445 e. The lowest BCUT2D eigenvalue weighted by Crippen LogP contribution is -2.29. The first-order chi connectivity index (χ1) is 6.24. The summed E-state index contributed by atoms with van der Waals surface area (Å²) in [5.74, 6) is 0. The van der Waals surface area contributed by atoms with Crippen molar-refractivity contribution in [2.75, 3.05) is 6.61 Å². The zero-order valence-corrected chi connectivity index (χ0v) is 8.97. The van der Waals surface area contributed by atoms with E-state index in [1.165, 1.54) is 5.56 Å². The van der Waals surface area contributed by atoms with Crippen LogP contribution in [0.1, 0.15) is 31.9 Å². The Hall–Kier alpha value is -0.380. The fourth-order valence-electron chi connectivity index (χ4n) is 1.32. The van der Waals surface area contributed by atoms with Crippen LogP contribution in [0.5, 0.6) is 0 Å². The monoisotopic (exact) mass is 199 g/mol. The van der Waals surface area contributed by atoms with Gasteiger partial charge in [0.15, 0.2) is 0 Å². The molecule has 0 aliphatic rings. The molecule has 3 heteroatoms. The Labute approximate surface area is 83.6 Å². The first-order valence-corrected chi connectivity index (χ1v) is 5.57. The summed E-state index contributed by atoms with van der Waals surface area (Å²) in [6, 6.07) is 2.89. The first-order valence-electron chi connectivity index (χ1n) is 4.63. The van der Waals surface area contributed by atoms with Gasteiger partial charge in [0.05, 0.1) is 0 Å². The Balaban J connectivity index is 2.37. The van der Waals surface area contributed by atoms with Gasteiger partial charge in [-0.15, -0.1) is 0 Å². The zero-order valence-electron chi connectivity index (χ0n) is 8.16. The third kappa shape index (κ3) is 3.46. The summed E-state index contributed by atoms with van der Waals surface area (Å²) in [6.07, 6.45) is 0.814. The molecule has 1 aromatic heterocycles. The zero-order chi connectivity index (χ0) is 9.68. The van der Waals surface area contributed by atoms with E-state index in [-0.39, 0.29) is 6.61 Å². The van der Waals surface area contributed by atoms with E-state index in [1.807, 2.05) is 0 Å². The highest BCUT2D eigenvalue weighted by Gasteiger charge is 2.08. The average Bonchev–Trinajstić information content (AvgIpc) is 2.55. The number of hydrogen-bond acceptors (Lipinski definition) is 3. The van der Waals surface area contributed by atoms with Gasteiger partial charge in [-0.25, -0.2) is 0 Å². The highest BCUT2D eigenvalue weighted by atomic mass is 32.1. The molecule has 0 aliphatic heterocycles. The minimum atomic E-state index is 0.254. The minimum absolute atomic E-state index is 0.254. The van der Waals surface area contributed by atoms with Crippen LogP contribution in [-0.2, 0) is 0 Å². The number of rotatable bonds is 5. The summed E-state index contributed by atoms with van der Waals surface area (Å²) in [7, 11) is 0. The summed E-state index contributed by atoms with van der Waals surface area (Å²) >= 11 is 1.72. The lowest BCUT2D eigenvalue weighted by molar-refractivity contribution is 0.264. The Kier molecular flexibility index (Phi) is 4.42. The lowest BCUT2D eigenvalue weighted by Gasteiger charge is -2.18. The van der Waals surface area contributed by atoms with Crippen LogP contribution in [0.25, 0.3) is 0 Å². The molecule has 13 heavy (non-hydrogen) atoms. The summed E-state index contributed by atoms with van der Waals surface area (Å²) in [6.45, 7) is 4.50. The Morgan fingerprint density at radius 2 is 2.31 bits per heavy atom. The predicted octanol–water partition coefficient (Wildman–Crippen LogP) is 2.17. The summed E-state index contributed by atoms with van der Waals surface area (Å²) < 4.78 is 0. The molecular weight excluding hydrogens is 182 g/mol. The van der Waals surface area contributed by atoms with Crippen molar-refractivity contribution in [3.8, 4) is 0 Å². The van der Waals surface area contributed by atoms with Gasteiger partial charge in [-0.05, 0) is 42.7 Å². The van der Waals surface area contributed by atoms with E-state index in [0.29, 0.717) is 12.1 Å². The molecule has 0 bridgehead atoms. The van der Waals surface area contributed by atoms with Gasteiger partial charge in [0.1, 0.15) is 0 Å². The van der Waals surface area contributed by atoms with Crippen molar-refractivity contribution in [3.05, 3.63) is 22.4 Å². The van der Waals surface area contributed by atoms with E-state index in [2.05, 4.69) is 36.0 Å². The Bertz CT molecular complexity index is 223. The fraction of sp³-hybridized carbons (Fsp3) is 0.600. The van der Waals surface area contributed by atoms with Crippen molar-refractivity contribution in [1.29, 1.82) is 0 Å². The van der Waals surface area contributed by atoms with Gasteiger partial charge in [-0.1, -0.05) is 0 Å². The van der Waals surface area contributed by atoms with Crippen molar-refractivity contribution in [2.24, 2.45) is 0 Å². The van der Waals surface area contributed by atoms with Crippen molar-refractivity contribution in [2.45, 2.75) is 32.4 Å². The molecule has 0 fully saturated rings. The molecule has 1 aromatic rings. The second kappa shape index (κ2) is 5.37. The van der Waals surface area contributed by atoms with Gasteiger partial charge in [0, 0.05) is 18.7 Å². The number of aliphatic hydroxyl groups is 1. The van der Waals surface area contributed by atoms with Gasteiger partial charge in [0.2, 0.25) is 0 Å². The SMILES string of the molecule is CC(CCO)NC(C)c1ccsc1. The van der Waals surface area contributed by atoms with Crippen LogP contribution in [-0.4, -0.2) is 17.8 Å². The molecule has 74 valence electrons. The molecular formula is C10H17NOS. The number of aliphatic hydroxyl groups excluding tert-OH is 1. The van der Waals surface area contributed by atoms with Gasteiger partial charge >= 0.3 is 0 Å². The molecule has 0 amide bonds. The second-order valence-electron chi connectivity index (χ2n) is 3.36. The van der Waals surface area contributed by atoms with Crippen LogP contribution in [0.15, 0.2) is 16.8 Å². The summed E-state index contributed by atoms with van der Waals surface area (Å²) in [5.41, 5.74) is 1.33. The molecule has 2 N–H and O–H groups in total. The smallest absolute Gasteiger partial charge is 0.0445 e. The van der Waals surface area contributed by atoms with E-state index >= 15 is 0 Å². The van der Waals surface area contributed by atoms with Crippen molar-refractivity contribution in [1.82, 2.24) is 5.32 Å². The molecule has 0 saturated carbocycles.